The normalized spacial score (nSPS) is 10.7. The molecule has 2 aromatic heterocycles. The van der Waals surface area contributed by atoms with Crippen LogP contribution in [0, 0.1) is 0 Å². The molecule has 18 heavy (non-hydrogen) atoms. The second-order valence-corrected chi connectivity index (χ2v) is 3.97. The lowest BCUT2D eigenvalue weighted by molar-refractivity contribution is 0.0691. The van der Waals surface area contributed by atoms with Crippen molar-refractivity contribution < 1.29 is 9.90 Å². The molecule has 0 bridgehead atoms. The predicted molar refractivity (Wildman–Crippen MR) is 68.5 cm³/mol. The van der Waals surface area contributed by atoms with Crippen molar-refractivity contribution in [1.29, 1.82) is 0 Å². The van der Waals surface area contributed by atoms with Gasteiger partial charge in [-0.15, -0.1) is 0 Å². The fraction of sp³-hybridized carbons (Fsp3) is 0. The maximum atomic E-state index is 10.8. The van der Waals surface area contributed by atoms with Crippen molar-refractivity contribution in [2.45, 2.75) is 0 Å². The molecule has 3 rings (SSSR count). The third-order valence-electron chi connectivity index (χ3n) is 2.84. The molecule has 0 atom stereocenters. The number of rotatable bonds is 2. The molecule has 0 aliphatic rings. The molecule has 4 heteroatoms. The van der Waals surface area contributed by atoms with E-state index >= 15 is 0 Å². The number of aromatic amines is 1. The SMILES string of the molecule is O=C(O)c1ccc2c(-c3ccccc3)c[nH]c2n1. The summed E-state index contributed by atoms with van der Waals surface area (Å²) in [6.45, 7) is 0. The Balaban J connectivity index is 2.19. The number of aromatic nitrogens is 2. The number of aromatic carboxylic acids is 1. The van der Waals surface area contributed by atoms with Crippen molar-refractivity contribution >= 4 is 17.0 Å². The molecule has 0 saturated carbocycles. The van der Waals surface area contributed by atoms with E-state index < -0.39 is 5.97 Å². The molecule has 88 valence electrons. The highest BCUT2D eigenvalue weighted by Crippen LogP contribution is 2.27. The van der Waals surface area contributed by atoms with Crippen LogP contribution in [0.2, 0.25) is 0 Å². The minimum Gasteiger partial charge on any atom is -0.477 e. The van der Waals surface area contributed by atoms with Crippen LogP contribution in [0.25, 0.3) is 22.2 Å². The van der Waals surface area contributed by atoms with Gasteiger partial charge >= 0.3 is 5.97 Å². The number of H-pyrrole nitrogens is 1. The average molecular weight is 238 g/mol. The average Bonchev–Trinajstić information content (AvgIpc) is 2.82. The number of nitrogens with one attached hydrogen (secondary N) is 1. The van der Waals surface area contributed by atoms with Gasteiger partial charge in [0.15, 0.2) is 5.69 Å². The van der Waals surface area contributed by atoms with Gasteiger partial charge in [-0.05, 0) is 17.7 Å². The highest BCUT2D eigenvalue weighted by atomic mass is 16.4. The van der Waals surface area contributed by atoms with Gasteiger partial charge < -0.3 is 10.1 Å². The van der Waals surface area contributed by atoms with E-state index in [0.717, 1.165) is 16.5 Å². The Morgan fingerprint density at radius 2 is 1.89 bits per heavy atom. The van der Waals surface area contributed by atoms with Gasteiger partial charge in [0.1, 0.15) is 5.65 Å². The highest BCUT2D eigenvalue weighted by molar-refractivity contribution is 5.96. The number of benzene rings is 1. The Labute approximate surface area is 103 Å². The molecule has 3 aromatic rings. The molecule has 0 unspecified atom stereocenters. The molecule has 0 aliphatic carbocycles. The number of hydrogen-bond acceptors (Lipinski definition) is 2. The molecule has 2 heterocycles. The first kappa shape index (κ1) is 10.5. The lowest BCUT2D eigenvalue weighted by Crippen LogP contribution is -1.99. The summed E-state index contributed by atoms with van der Waals surface area (Å²) in [6.07, 6.45) is 1.85. The summed E-state index contributed by atoms with van der Waals surface area (Å²) < 4.78 is 0. The van der Waals surface area contributed by atoms with Crippen LogP contribution in [-0.2, 0) is 0 Å². The zero-order valence-electron chi connectivity index (χ0n) is 9.42. The molecule has 0 aliphatic heterocycles. The molecule has 2 N–H and O–H groups in total. The largest absolute Gasteiger partial charge is 0.477 e. The molecule has 4 nitrogen and oxygen atoms in total. The van der Waals surface area contributed by atoms with Crippen LogP contribution in [0.4, 0.5) is 0 Å². The third-order valence-corrected chi connectivity index (χ3v) is 2.84. The Hall–Kier alpha value is -2.62. The number of carboxylic acids is 1. The number of nitrogens with zero attached hydrogens (tertiary/aromatic N) is 1. The zero-order valence-corrected chi connectivity index (χ0v) is 9.42. The second-order valence-electron chi connectivity index (χ2n) is 3.97. The molecule has 0 radical (unpaired) electrons. The second kappa shape index (κ2) is 4.00. The summed E-state index contributed by atoms with van der Waals surface area (Å²) in [5.74, 6) is -1.02. The van der Waals surface area contributed by atoms with Crippen LogP contribution in [0.15, 0.2) is 48.7 Å². The van der Waals surface area contributed by atoms with Gasteiger partial charge in [-0.1, -0.05) is 30.3 Å². The Bertz CT molecular complexity index is 717. The summed E-state index contributed by atoms with van der Waals surface area (Å²) in [5.41, 5.74) is 2.74. The molecule has 0 saturated heterocycles. The number of carbonyl (C=O) groups is 1. The summed E-state index contributed by atoms with van der Waals surface area (Å²) >= 11 is 0. The number of fused-ring (bicyclic) bond motifs is 1. The Kier molecular flexibility index (Phi) is 2.34. The monoisotopic (exact) mass is 238 g/mol. The lowest BCUT2D eigenvalue weighted by Gasteiger charge is -1.99. The first-order valence-corrected chi connectivity index (χ1v) is 5.52. The number of carboxylic acid groups (broad SMARTS) is 1. The number of hydrogen-bond donors (Lipinski definition) is 2. The van der Waals surface area contributed by atoms with Crippen molar-refractivity contribution in [2.24, 2.45) is 0 Å². The van der Waals surface area contributed by atoms with Crippen LogP contribution in [0.1, 0.15) is 10.5 Å². The van der Waals surface area contributed by atoms with E-state index in [2.05, 4.69) is 9.97 Å². The van der Waals surface area contributed by atoms with Crippen LogP contribution < -0.4 is 0 Å². The van der Waals surface area contributed by atoms with E-state index in [1.54, 1.807) is 6.07 Å². The quantitative estimate of drug-likeness (QED) is 0.721. The molecule has 0 spiro atoms. The van der Waals surface area contributed by atoms with Gasteiger partial charge in [0.25, 0.3) is 0 Å². The minimum absolute atomic E-state index is 0.0453. The van der Waals surface area contributed by atoms with Gasteiger partial charge in [-0.3, -0.25) is 0 Å². The fourth-order valence-corrected chi connectivity index (χ4v) is 1.98. The van der Waals surface area contributed by atoms with E-state index in [1.165, 1.54) is 6.07 Å². The zero-order chi connectivity index (χ0) is 12.5. The topological polar surface area (TPSA) is 66.0 Å². The van der Waals surface area contributed by atoms with Crippen molar-refractivity contribution in [3.8, 4) is 11.1 Å². The maximum Gasteiger partial charge on any atom is 0.354 e. The lowest BCUT2D eigenvalue weighted by atomic mass is 10.1. The van der Waals surface area contributed by atoms with E-state index in [4.69, 9.17) is 5.11 Å². The standard InChI is InChI=1S/C14H10N2O2/c17-14(18)12-7-6-10-11(8-15-13(10)16-12)9-4-2-1-3-5-9/h1-8H,(H,15,16)(H,17,18). The van der Waals surface area contributed by atoms with Gasteiger partial charge in [-0.2, -0.15) is 0 Å². The number of pyridine rings is 1. The predicted octanol–water partition coefficient (Wildman–Crippen LogP) is 2.93. The Morgan fingerprint density at radius 1 is 1.11 bits per heavy atom. The molecular formula is C14H10N2O2. The Morgan fingerprint density at radius 3 is 2.61 bits per heavy atom. The van der Waals surface area contributed by atoms with Crippen LogP contribution in [-0.4, -0.2) is 21.0 Å². The summed E-state index contributed by atoms with van der Waals surface area (Å²) in [6, 6.07) is 13.2. The fourth-order valence-electron chi connectivity index (χ4n) is 1.98. The van der Waals surface area contributed by atoms with Crippen molar-refractivity contribution in [1.82, 2.24) is 9.97 Å². The van der Waals surface area contributed by atoms with E-state index in [0.29, 0.717) is 5.65 Å². The van der Waals surface area contributed by atoms with Crippen molar-refractivity contribution in [2.75, 3.05) is 0 Å². The highest BCUT2D eigenvalue weighted by Gasteiger charge is 2.10. The van der Waals surface area contributed by atoms with E-state index in [9.17, 15) is 4.79 Å². The van der Waals surface area contributed by atoms with Crippen LogP contribution >= 0.6 is 0 Å². The van der Waals surface area contributed by atoms with Gasteiger partial charge in [0, 0.05) is 17.1 Å². The first-order valence-electron chi connectivity index (χ1n) is 5.52. The van der Waals surface area contributed by atoms with Gasteiger partial charge in [0.05, 0.1) is 0 Å². The molecular weight excluding hydrogens is 228 g/mol. The van der Waals surface area contributed by atoms with Crippen LogP contribution in [0.3, 0.4) is 0 Å². The minimum atomic E-state index is -1.02. The summed E-state index contributed by atoms with van der Waals surface area (Å²) in [7, 11) is 0. The van der Waals surface area contributed by atoms with Crippen molar-refractivity contribution in [3.63, 3.8) is 0 Å². The van der Waals surface area contributed by atoms with E-state index in [-0.39, 0.29) is 5.69 Å². The smallest absolute Gasteiger partial charge is 0.354 e. The molecule has 0 amide bonds. The maximum absolute atomic E-state index is 10.8. The molecule has 1 aromatic carbocycles. The van der Waals surface area contributed by atoms with Crippen LogP contribution in [0.5, 0.6) is 0 Å². The summed E-state index contributed by atoms with van der Waals surface area (Å²) in [5, 5.41) is 9.81. The first-order chi connectivity index (χ1) is 8.75. The molecule has 0 fully saturated rings. The van der Waals surface area contributed by atoms with Gasteiger partial charge in [0.2, 0.25) is 0 Å². The van der Waals surface area contributed by atoms with Crippen molar-refractivity contribution in [3.05, 3.63) is 54.4 Å². The van der Waals surface area contributed by atoms with Gasteiger partial charge in [-0.25, -0.2) is 9.78 Å². The summed E-state index contributed by atoms with van der Waals surface area (Å²) in [4.78, 5) is 17.9. The van der Waals surface area contributed by atoms with E-state index in [1.807, 2.05) is 36.5 Å². The third kappa shape index (κ3) is 1.64.